The molecule has 0 fully saturated rings. The first kappa shape index (κ1) is 17.7. The van der Waals surface area contributed by atoms with Crippen molar-refractivity contribution < 1.29 is 12.3 Å². The molecule has 0 bridgehead atoms. The highest BCUT2D eigenvalue weighted by molar-refractivity contribution is 6.01. The van der Waals surface area contributed by atoms with E-state index in [1.807, 2.05) is 49.4 Å². The molecule has 0 spiro atoms. The van der Waals surface area contributed by atoms with Gasteiger partial charge < -0.3 is 25.3 Å². The molecule has 7 heteroatoms. The molecule has 4 aromatic rings. The predicted molar refractivity (Wildman–Crippen MR) is 128 cm³/mol. The minimum atomic E-state index is -1.76. The number of carbonyl (C=O) groups is 1. The second kappa shape index (κ2) is 8.26. The Morgan fingerprint density at radius 3 is 2.97 bits per heavy atom. The van der Waals surface area contributed by atoms with Crippen molar-refractivity contribution in [2.75, 3.05) is 29.2 Å². The smallest absolute Gasteiger partial charge is 0.323 e. The third-order valence-corrected chi connectivity index (χ3v) is 5.59. The second-order valence-corrected chi connectivity index (χ2v) is 7.70. The van der Waals surface area contributed by atoms with E-state index >= 15 is 0 Å². The van der Waals surface area contributed by atoms with Gasteiger partial charge >= 0.3 is 6.03 Å². The molecule has 162 valence electrons. The number of aromatic nitrogens is 2. The zero-order chi connectivity index (χ0) is 23.9. The van der Waals surface area contributed by atoms with Gasteiger partial charge in [-0.15, -0.1) is 0 Å². The lowest BCUT2D eigenvalue weighted by Gasteiger charge is -2.20. The number of hydrogen-bond acceptors (Lipinski definition) is 4. The standard InChI is InChI=1S/C25H25N5O2/c1-16-6-7-23(32-2)21(14-16)29-25(31)28-20-4-3-5-22-19(20)10-13-30(22)15-17-8-11-26-24-18(17)9-12-27-24/h3-9,11-12,14H,10,13,15H2,1-2H3,(H,26,27)(H2,28,29,31)/i15D2. The van der Waals surface area contributed by atoms with Crippen LogP contribution in [0.3, 0.4) is 0 Å². The van der Waals surface area contributed by atoms with Crippen LogP contribution in [-0.4, -0.2) is 29.7 Å². The molecule has 1 aliphatic heterocycles. The average Bonchev–Trinajstić information content (AvgIpc) is 3.47. The molecule has 0 unspecified atom stereocenters. The number of ether oxygens (including phenoxy) is 1. The van der Waals surface area contributed by atoms with Gasteiger partial charge in [-0.1, -0.05) is 12.1 Å². The minimum absolute atomic E-state index is 0.387. The largest absolute Gasteiger partial charge is 0.495 e. The van der Waals surface area contributed by atoms with Crippen LogP contribution in [0.2, 0.25) is 0 Å². The molecule has 0 saturated carbocycles. The maximum Gasteiger partial charge on any atom is 0.323 e. The number of pyridine rings is 1. The van der Waals surface area contributed by atoms with Gasteiger partial charge in [-0.05, 0) is 60.9 Å². The summed E-state index contributed by atoms with van der Waals surface area (Å²) in [5.74, 6) is 0.576. The molecule has 2 amide bonds. The highest BCUT2D eigenvalue weighted by atomic mass is 16.5. The Morgan fingerprint density at radius 2 is 2.09 bits per heavy atom. The third kappa shape index (κ3) is 3.73. The van der Waals surface area contributed by atoms with Crippen LogP contribution >= 0.6 is 0 Å². The first-order valence-corrected chi connectivity index (χ1v) is 10.4. The second-order valence-electron chi connectivity index (χ2n) is 7.70. The lowest BCUT2D eigenvalue weighted by Crippen LogP contribution is -2.21. The summed E-state index contributed by atoms with van der Waals surface area (Å²) < 4.78 is 23.3. The van der Waals surface area contributed by atoms with Gasteiger partial charge in [0.05, 0.1) is 15.5 Å². The van der Waals surface area contributed by atoms with Crippen LogP contribution in [0.5, 0.6) is 5.75 Å². The number of methoxy groups -OCH3 is 1. The van der Waals surface area contributed by atoms with Crippen molar-refractivity contribution in [2.45, 2.75) is 19.8 Å². The summed E-state index contributed by atoms with van der Waals surface area (Å²) in [5, 5.41) is 6.53. The highest BCUT2D eigenvalue weighted by Gasteiger charge is 2.23. The molecule has 5 rings (SSSR count). The first-order chi connectivity index (χ1) is 16.4. The van der Waals surface area contributed by atoms with Crippen LogP contribution in [-0.2, 0) is 12.9 Å². The number of aryl methyl sites for hydroxylation is 1. The van der Waals surface area contributed by atoms with Gasteiger partial charge in [0.1, 0.15) is 11.4 Å². The van der Waals surface area contributed by atoms with E-state index in [2.05, 4.69) is 20.6 Å². The van der Waals surface area contributed by atoms with Crippen LogP contribution in [0.15, 0.2) is 60.9 Å². The number of anilines is 3. The lowest BCUT2D eigenvalue weighted by molar-refractivity contribution is 0.262. The normalized spacial score (nSPS) is 14.0. The van der Waals surface area contributed by atoms with E-state index in [0.717, 1.165) is 22.2 Å². The zero-order valence-corrected chi connectivity index (χ0v) is 17.9. The molecule has 2 aromatic heterocycles. The SMILES string of the molecule is [2H]C([2H])(c1ccnc2[nH]ccc12)N1CCc2c(NC(=O)Nc3cc(C)ccc3OC)cccc21. The molecule has 0 saturated heterocycles. The quantitative estimate of drug-likeness (QED) is 0.413. The minimum Gasteiger partial charge on any atom is -0.495 e. The number of nitrogens with zero attached hydrogens (tertiary/aromatic N) is 2. The molecule has 7 nitrogen and oxygen atoms in total. The van der Waals surface area contributed by atoms with Gasteiger partial charge in [-0.3, -0.25) is 0 Å². The fourth-order valence-electron chi connectivity index (χ4n) is 4.07. The van der Waals surface area contributed by atoms with E-state index in [1.54, 1.807) is 30.5 Å². The number of carbonyl (C=O) groups excluding carboxylic acids is 1. The van der Waals surface area contributed by atoms with Gasteiger partial charge in [0, 0.05) is 47.8 Å². The van der Waals surface area contributed by atoms with Gasteiger partial charge in [-0.2, -0.15) is 0 Å². The Labute approximate surface area is 189 Å². The van der Waals surface area contributed by atoms with Crippen molar-refractivity contribution in [3.05, 3.63) is 77.6 Å². The third-order valence-electron chi connectivity index (χ3n) is 5.59. The number of hydrogen-bond donors (Lipinski definition) is 3. The fraction of sp³-hybridized carbons (Fsp3) is 0.200. The Morgan fingerprint density at radius 1 is 1.22 bits per heavy atom. The number of H-pyrrole nitrogens is 1. The van der Waals surface area contributed by atoms with E-state index in [4.69, 9.17) is 7.48 Å². The molecule has 32 heavy (non-hydrogen) atoms. The summed E-state index contributed by atoms with van der Waals surface area (Å²) >= 11 is 0. The van der Waals surface area contributed by atoms with Crippen molar-refractivity contribution in [3.63, 3.8) is 0 Å². The molecule has 0 aliphatic carbocycles. The molecule has 2 aromatic carbocycles. The Hall–Kier alpha value is -4.00. The predicted octanol–water partition coefficient (Wildman–Crippen LogP) is 5.09. The van der Waals surface area contributed by atoms with Crippen LogP contribution in [0.1, 0.15) is 19.4 Å². The molecule has 0 atom stereocenters. The van der Waals surface area contributed by atoms with E-state index in [0.29, 0.717) is 41.3 Å². The summed E-state index contributed by atoms with van der Waals surface area (Å²) in [5.41, 5.74) is 5.10. The molecule has 3 N–H and O–H groups in total. The van der Waals surface area contributed by atoms with Crippen molar-refractivity contribution in [1.29, 1.82) is 0 Å². The van der Waals surface area contributed by atoms with Crippen molar-refractivity contribution >= 4 is 34.1 Å². The van der Waals surface area contributed by atoms with Gasteiger partial charge in [0.25, 0.3) is 0 Å². The zero-order valence-electron chi connectivity index (χ0n) is 19.9. The summed E-state index contributed by atoms with van der Waals surface area (Å²) in [6, 6.07) is 14.3. The molecule has 1 aliphatic rings. The molecular weight excluding hydrogens is 402 g/mol. The number of urea groups is 1. The highest BCUT2D eigenvalue weighted by Crippen LogP contribution is 2.35. The van der Waals surface area contributed by atoms with Crippen molar-refractivity contribution in [3.8, 4) is 5.75 Å². The fourth-order valence-corrected chi connectivity index (χ4v) is 4.07. The summed E-state index contributed by atoms with van der Waals surface area (Å²) in [4.78, 5) is 21.9. The monoisotopic (exact) mass is 429 g/mol. The molecule has 0 radical (unpaired) electrons. The maximum atomic E-state index is 12.8. The number of benzene rings is 2. The maximum absolute atomic E-state index is 12.8. The van der Waals surface area contributed by atoms with Crippen LogP contribution in [0, 0.1) is 6.92 Å². The summed E-state index contributed by atoms with van der Waals surface area (Å²) in [6.45, 7) is 0.673. The molecule has 3 heterocycles. The molecular formula is C25H25N5O2. The van der Waals surface area contributed by atoms with Crippen LogP contribution in [0.25, 0.3) is 11.0 Å². The number of fused-ring (bicyclic) bond motifs is 2. The van der Waals surface area contributed by atoms with Crippen molar-refractivity contribution in [2.24, 2.45) is 0 Å². The average molecular weight is 430 g/mol. The summed E-state index contributed by atoms with van der Waals surface area (Å²) in [6.07, 6.45) is 3.99. The number of nitrogens with one attached hydrogen (secondary N) is 3. The number of amides is 2. The Bertz CT molecular complexity index is 1390. The van der Waals surface area contributed by atoms with Gasteiger partial charge in [-0.25, -0.2) is 9.78 Å². The van der Waals surface area contributed by atoms with Gasteiger partial charge in [0.2, 0.25) is 0 Å². The van der Waals surface area contributed by atoms with Crippen molar-refractivity contribution in [1.82, 2.24) is 9.97 Å². The lowest BCUT2D eigenvalue weighted by atomic mass is 10.1. The summed E-state index contributed by atoms with van der Waals surface area (Å²) in [7, 11) is 1.56. The van der Waals surface area contributed by atoms with E-state index in [-0.39, 0.29) is 6.03 Å². The Kier molecular flexibility index (Phi) is 4.56. The van der Waals surface area contributed by atoms with E-state index in [1.165, 1.54) is 0 Å². The Balaban J connectivity index is 1.42. The number of aromatic amines is 1. The van der Waals surface area contributed by atoms with E-state index in [9.17, 15) is 4.79 Å². The first-order valence-electron chi connectivity index (χ1n) is 11.4. The van der Waals surface area contributed by atoms with E-state index < -0.39 is 6.50 Å². The van der Waals surface area contributed by atoms with Gasteiger partial charge in [0.15, 0.2) is 0 Å². The van der Waals surface area contributed by atoms with Crippen LogP contribution < -0.4 is 20.3 Å². The van der Waals surface area contributed by atoms with Crippen LogP contribution in [0.4, 0.5) is 21.9 Å². The number of rotatable bonds is 5. The topological polar surface area (TPSA) is 82.3 Å².